The van der Waals surface area contributed by atoms with Gasteiger partial charge in [0.2, 0.25) is 11.9 Å². The molecule has 0 radical (unpaired) electrons. The van der Waals surface area contributed by atoms with Crippen molar-refractivity contribution in [2.45, 2.75) is 32.9 Å². The first-order valence-corrected chi connectivity index (χ1v) is 7.49. The van der Waals surface area contributed by atoms with E-state index in [2.05, 4.69) is 23.7 Å². The molecule has 1 aromatic heterocycles. The predicted octanol–water partition coefficient (Wildman–Crippen LogP) is 2.90. The lowest BCUT2D eigenvalue weighted by molar-refractivity contribution is -0.497. The Balaban J connectivity index is 1.73. The molecule has 6 heteroatoms. The van der Waals surface area contributed by atoms with Crippen LogP contribution >= 0.6 is 0 Å². The first-order valence-electron chi connectivity index (χ1n) is 7.49. The van der Waals surface area contributed by atoms with Crippen LogP contribution in [0.2, 0.25) is 0 Å². The van der Waals surface area contributed by atoms with Crippen LogP contribution in [0.25, 0.3) is 10.9 Å². The second-order valence-electron chi connectivity index (χ2n) is 6.32. The Morgan fingerprint density at radius 2 is 2.23 bits per heavy atom. The fourth-order valence-corrected chi connectivity index (χ4v) is 2.76. The minimum Gasteiger partial charge on any atom is -0.347 e. The molecule has 2 aromatic rings. The molecule has 116 valence electrons. The molecule has 0 aliphatic heterocycles. The zero-order valence-corrected chi connectivity index (χ0v) is 12.7. The maximum atomic E-state index is 12.0. The van der Waals surface area contributed by atoms with Crippen LogP contribution in [-0.2, 0) is 11.3 Å². The highest BCUT2D eigenvalue weighted by Crippen LogP contribution is 2.34. The number of aromatic nitrogens is 1. The number of anilines is 1. The number of nitrogens with one attached hydrogen (secondary N) is 1. The van der Waals surface area contributed by atoms with E-state index in [4.69, 9.17) is 0 Å². The van der Waals surface area contributed by atoms with Crippen LogP contribution < -0.4 is 5.32 Å². The topological polar surface area (TPSA) is 77.2 Å². The van der Waals surface area contributed by atoms with Crippen molar-refractivity contribution in [1.82, 2.24) is 4.57 Å². The number of carbonyl (C=O) groups excluding carboxylic acids is 1. The van der Waals surface area contributed by atoms with Gasteiger partial charge in [0.25, 0.3) is 0 Å². The van der Waals surface area contributed by atoms with E-state index in [1.54, 1.807) is 0 Å². The van der Waals surface area contributed by atoms with Crippen LogP contribution in [0.3, 0.4) is 0 Å². The highest BCUT2D eigenvalue weighted by atomic mass is 16.6. The first-order chi connectivity index (χ1) is 10.5. The predicted molar refractivity (Wildman–Crippen MR) is 84.3 cm³/mol. The largest absolute Gasteiger partial charge is 0.347 e. The molecule has 2 atom stereocenters. The summed E-state index contributed by atoms with van der Waals surface area (Å²) in [7, 11) is 0. The van der Waals surface area contributed by atoms with E-state index in [1.807, 2.05) is 30.5 Å². The van der Waals surface area contributed by atoms with Gasteiger partial charge in [0.1, 0.15) is 5.92 Å². The molecule has 0 spiro atoms. The number of nitrogens with zero attached hydrogens (tertiary/aromatic N) is 2. The number of benzene rings is 1. The quantitative estimate of drug-likeness (QED) is 0.681. The van der Waals surface area contributed by atoms with Gasteiger partial charge in [0.15, 0.2) is 0 Å². The Hall–Kier alpha value is -2.37. The van der Waals surface area contributed by atoms with Gasteiger partial charge in [-0.05, 0) is 30.2 Å². The summed E-state index contributed by atoms with van der Waals surface area (Å²) in [5.41, 5.74) is 1.81. The summed E-state index contributed by atoms with van der Waals surface area (Å²) in [4.78, 5) is 22.2. The van der Waals surface area contributed by atoms with Crippen LogP contribution in [0.15, 0.2) is 30.5 Å². The molecule has 0 saturated heterocycles. The molecule has 1 N–H and O–H groups in total. The summed E-state index contributed by atoms with van der Waals surface area (Å²) in [6.45, 7) is 5.28. The van der Waals surface area contributed by atoms with Gasteiger partial charge in [0, 0.05) is 40.7 Å². The van der Waals surface area contributed by atoms with Crippen LogP contribution in [0.5, 0.6) is 0 Å². The Kier molecular flexibility index (Phi) is 3.60. The standard InChI is InChI=1S/C16H19N3O3/c1-10(2)9-18-6-5-11-7-12(3-4-14(11)18)17-16(20)13-8-15(13)19(21)22/h3-7,10,13,15H,8-9H2,1-2H3,(H,17,20). The average Bonchev–Trinajstić information content (AvgIpc) is 3.17. The fraction of sp³-hybridized carbons (Fsp3) is 0.438. The van der Waals surface area contributed by atoms with Crippen molar-refractivity contribution in [3.63, 3.8) is 0 Å². The van der Waals surface area contributed by atoms with E-state index < -0.39 is 12.0 Å². The molecule has 22 heavy (non-hydrogen) atoms. The lowest BCUT2D eigenvalue weighted by Crippen LogP contribution is -2.18. The van der Waals surface area contributed by atoms with Gasteiger partial charge in [-0.1, -0.05) is 13.8 Å². The monoisotopic (exact) mass is 301 g/mol. The average molecular weight is 301 g/mol. The summed E-state index contributed by atoms with van der Waals surface area (Å²) < 4.78 is 2.19. The van der Waals surface area contributed by atoms with Crippen LogP contribution in [-0.4, -0.2) is 21.4 Å². The third-order valence-corrected chi connectivity index (χ3v) is 3.96. The third-order valence-electron chi connectivity index (χ3n) is 3.96. The molecule has 1 aliphatic carbocycles. The van der Waals surface area contributed by atoms with E-state index >= 15 is 0 Å². The minimum atomic E-state index is -0.712. The molecular weight excluding hydrogens is 282 g/mol. The number of nitro groups is 1. The van der Waals surface area contributed by atoms with Crippen molar-refractivity contribution in [2.24, 2.45) is 11.8 Å². The van der Waals surface area contributed by atoms with E-state index in [-0.39, 0.29) is 10.8 Å². The van der Waals surface area contributed by atoms with Gasteiger partial charge < -0.3 is 9.88 Å². The molecule has 1 aliphatic rings. The molecular formula is C16H19N3O3. The van der Waals surface area contributed by atoms with Crippen molar-refractivity contribution in [3.8, 4) is 0 Å². The lowest BCUT2D eigenvalue weighted by atomic mass is 10.2. The summed E-state index contributed by atoms with van der Waals surface area (Å²) in [5.74, 6) is -0.192. The van der Waals surface area contributed by atoms with Gasteiger partial charge >= 0.3 is 0 Å². The van der Waals surface area contributed by atoms with Crippen molar-refractivity contribution >= 4 is 22.5 Å². The number of carbonyl (C=O) groups is 1. The SMILES string of the molecule is CC(C)Cn1ccc2cc(NC(=O)C3CC3[N+](=O)[O-])ccc21. The van der Waals surface area contributed by atoms with Crippen LogP contribution in [0.4, 0.5) is 5.69 Å². The van der Waals surface area contributed by atoms with Gasteiger partial charge in [-0.15, -0.1) is 0 Å². The van der Waals surface area contributed by atoms with Gasteiger partial charge in [-0.2, -0.15) is 0 Å². The van der Waals surface area contributed by atoms with E-state index in [9.17, 15) is 14.9 Å². The van der Waals surface area contributed by atoms with Crippen molar-refractivity contribution in [1.29, 1.82) is 0 Å². The lowest BCUT2D eigenvalue weighted by Gasteiger charge is -2.09. The third kappa shape index (κ3) is 2.81. The van der Waals surface area contributed by atoms with Crippen LogP contribution in [0.1, 0.15) is 20.3 Å². The number of hydrogen-bond acceptors (Lipinski definition) is 3. The highest BCUT2D eigenvalue weighted by Gasteiger charge is 2.53. The smallest absolute Gasteiger partial charge is 0.234 e. The van der Waals surface area contributed by atoms with Crippen LogP contribution in [0, 0.1) is 22.0 Å². The molecule has 1 amide bonds. The van der Waals surface area contributed by atoms with Gasteiger partial charge in [-0.3, -0.25) is 14.9 Å². The molecule has 1 saturated carbocycles. The van der Waals surface area contributed by atoms with E-state index in [0.29, 0.717) is 18.0 Å². The Morgan fingerprint density at radius 3 is 2.86 bits per heavy atom. The number of amides is 1. The zero-order valence-electron chi connectivity index (χ0n) is 12.7. The second kappa shape index (κ2) is 5.44. The maximum absolute atomic E-state index is 12.0. The summed E-state index contributed by atoms with van der Waals surface area (Å²) >= 11 is 0. The number of fused-ring (bicyclic) bond motifs is 1. The van der Waals surface area contributed by atoms with Gasteiger partial charge in [-0.25, -0.2) is 0 Å². The molecule has 0 bridgehead atoms. The summed E-state index contributed by atoms with van der Waals surface area (Å²) in [5, 5.41) is 14.5. The first kappa shape index (κ1) is 14.6. The Bertz CT molecular complexity index is 735. The number of hydrogen-bond donors (Lipinski definition) is 1. The van der Waals surface area contributed by atoms with Gasteiger partial charge in [0.05, 0.1) is 0 Å². The van der Waals surface area contributed by atoms with E-state index in [0.717, 1.165) is 17.4 Å². The highest BCUT2D eigenvalue weighted by molar-refractivity contribution is 5.96. The molecule has 1 fully saturated rings. The number of rotatable bonds is 5. The zero-order chi connectivity index (χ0) is 15.9. The molecule has 2 unspecified atom stereocenters. The molecule has 3 rings (SSSR count). The Morgan fingerprint density at radius 1 is 1.45 bits per heavy atom. The molecule has 6 nitrogen and oxygen atoms in total. The van der Waals surface area contributed by atoms with E-state index in [1.165, 1.54) is 0 Å². The summed E-state index contributed by atoms with van der Waals surface area (Å²) in [6, 6.07) is 7.04. The normalized spacial score (nSPS) is 20.3. The fourth-order valence-electron chi connectivity index (χ4n) is 2.76. The van der Waals surface area contributed by atoms with Crippen molar-refractivity contribution < 1.29 is 9.72 Å². The Labute approximate surface area is 128 Å². The minimum absolute atomic E-state index is 0.261. The second-order valence-corrected chi connectivity index (χ2v) is 6.32. The maximum Gasteiger partial charge on any atom is 0.234 e. The van der Waals surface area contributed by atoms with Crippen molar-refractivity contribution in [2.75, 3.05) is 5.32 Å². The molecule has 1 aromatic carbocycles. The van der Waals surface area contributed by atoms with Crippen molar-refractivity contribution in [3.05, 3.63) is 40.6 Å². The summed E-state index contributed by atoms with van der Waals surface area (Å²) in [6.07, 6.45) is 2.38. The molecule has 1 heterocycles.